The molecule has 0 aliphatic carbocycles. The van der Waals surface area contributed by atoms with Gasteiger partial charge in [0.05, 0.1) is 37.1 Å². The third-order valence-electron chi connectivity index (χ3n) is 7.59. The molecule has 3 N–H and O–H groups in total. The fraction of sp³-hybridized carbons (Fsp3) is 0.519. The number of nitrogens with one attached hydrogen (secondary N) is 2. The van der Waals surface area contributed by atoms with E-state index in [0.717, 1.165) is 16.5 Å². The number of halogens is 4. The number of aliphatic hydroxyl groups excluding tert-OH is 1. The molecule has 0 amide bonds. The molecule has 1 unspecified atom stereocenters. The van der Waals surface area contributed by atoms with Crippen LogP contribution in [0.4, 0.5) is 23.2 Å². The van der Waals surface area contributed by atoms with E-state index in [1.165, 1.54) is 19.1 Å². The van der Waals surface area contributed by atoms with Gasteiger partial charge in [0.2, 0.25) is 0 Å². The number of alkyl halides is 2. The van der Waals surface area contributed by atoms with Crippen LogP contribution in [-0.2, 0) is 6.42 Å². The number of nitrogens with zero attached hydrogens (tertiary/aromatic N) is 3. The van der Waals surface area contributed by atoms with E-state index in [1.54, 1.807) is 11.1 Å². The highest BCUT2D eigenvalue weighted by molar-refractivity contribution is 5.83. The highest BCUT2D eigenvalue weighted by Crippen LogP contribution is 2.43. The van der Waals surface area contributed by atoms with Crippen molar-refractivity contribution in [1.82, 2.24) is 20.0 Å². The Hall–Kier alpha value is -2.69. The highest BCUT2D eigenvalue weighted by Gasteiger charge is 2.41. The molecule has 3 aromatic rings. The van der Waals surface area contributed by atoms with Gasteiger partial charge in [0.25, 0.3) is 0 Å². The molecule has 0 radical (unpaired) electrons. The number of benzene rings is 2. The van der Waals surface area contributed by atoms with Crippen molar-refractivity contribution in [3.8, 4) is 0 Å². The van der Waals surface area contributed by atoms with Gasteiger partial charge in [0.15, 0.2) is 0 Å². The van der Waals surface area contributed by atoms with E-state index >= 15 is 13.2 Å². The molecule has 200 valence electrons. The lowest BCUT2D eigenvalue weighted by Crippen LogP contribution is -2.54. The fourth-order valence-electron chi connectivity index (χ4n) is 5.71. The lowest BCUT2D eigenvalue weighted by molar-refractivity contribution is 0.0169. The summed E-state index contributed by atoms with van der Waals surface area (Å²) in [5.41, 5.74) is 0.686. The van der Waals surface area contributed by atoms with Gasteiger partial charge in [0.1, 0.15) is 17.3 Å². The van der Waals surface area contributed by atoms with E-state index in [4.69, 9.17) is 0 Å². The standard InChI is InChI=1S/C27H33F4N5O/c1-16-8-20-19(4-5-24-21(20)11-32-34-24)26(36(16)14-27(2,31)15-37)25-22(29)9-17(10-23(25)30)33-18-12-35(13-18)7-3-6-28/h4-5,9-11,16,18,26,33,37H,3,6-8,12-15H2,1-2H3,(H,32,34)/t16-,26+,27?/m1/s1. The van der Waals surface area contributed by atoms with Gasteiger partial charge in [0, 0.05) is 48.9 Å². The molecular weight excluding hydrogens is 486 g/mol. The molecule has 2 aromatic carbocycles. The predicted molar refractivity (Wildman–Crippen MR) is 135 cm³/mol. The summed E-state index contributed by atoms with van der Waals surface area (Å²) in [7, 11) is 0. The molecule has 37 heavy (non-hydrogen) atoms. The summed E-state index contributed by atoms with van der Waals surface area (Å²) >= 11 is 0. The summed E-state index contributed by atoms with van der Waals surface area (Å²) in [6.07, 6.45) is 2.73. The summed E-state index contributed by atoms with van der Waals surface area (Å²) in [6.45, 7) is 3.98. The highest BCUT2D eigenvalue weighted by atomic mass is 19.1. The Kier molecular flexibility index (Phi) is 7.17. The maximum absolute atomic E-state index is 15.8. The van der Waals surface area contributed by atoms with Crippen LogP contribution in [0.15, 0.2) is 30.5 Å². The molecule has 2 aliphatic rings. The number of H-pyrrole nitrogens is 1. The van der Waals surface area contributed by atoms with E-state index in [2.05, 4.69) is 20.4 Å². The predicted octanol–water partition coefficient (Wildman–Crippen LogP) is 4.35. The summed E-state index contributed by atoms with van der Waals surface area (Å²) in [6, 6.07) is 5.12. The van der Waals surface area contributed by atoms with E-state index in [-0.39, 0.29) is 30.9 Å². The Balaban J connectivity index is 1.50. The number of aliphatic hydroxyl groups is 1. The number of likely N-dealkylation sites (tertiary alicyclic amines) is 1. The zero-order chi connectivity index (χ0) is 26.3. The molecule has 1 fully saturated rings. The zero-order valence-electron chi connectivity index (χ0n) is 21.1. The van der Waals surface area contributed by atoms with E-state index in [1.807, 2.05) is 19.1 Å². The molecule has 0 saturated carbocycles. The smallest absolute Gasteiger partial charge is 0.143 e. The molecule has 0 bridgehead atoms. The number of hydrogen-bond donors (Lipinski definition) is 3. The lowest BCUT2D eigenvalue weighted by atomic mass is 9.82. The number of aromatic nitrogens is 2. The molecule has 10 heteroatoms. The molecule has 5 rings (SSSR count). The number of aromatic amines is 1. The van der Waals surface area contributed by atoms with Crippen LogP contribution >= 0.6 is 0 Å². The third kappa shape index (κ3) is 5.06. The number of anilines is 1. The average molecular weight is 520 g/mol. The quantitative estimate of drug-likeness (QED) is 0.367. The van der Waals surface area contributed by atoms with Crippen molar-refractivity contribution in [2.75, 3.05) is 44.8 Å². The Labute approximate surface area is 213 Å². The van der Waals surface area contributed by atoms with Crippen molar-refractivity contribution in [3.63, 3.8) is 0 Å². The Morgan fingerprint density at radius 1 is 1.22 bits per heavy atom. The van der Waals surface area contributed by atoms with Gasteiger partial charge in [-0.2, -0.15) is 5.10 Å². The van der Waals surface area contributed by atoms with Crippen molar-refractivity contribution < 1.29 is 22.7 Å². The van der Waals surface area contributed by atoms with Gasteiger partial charge in [-0.3, -0.25) is 19.3 Å². The molecule has 3 heterocycles. The largest absolute Gasteiger partial charge is 0.393 e. The lowest BCUT2D eigenvalue weighted by Gasteiger charge is -2.44. The maximum atomic E-state index is 15.8. The van der Waals surface area contributed by atoms with E-state index in [0.29, 0.717) is 43.7 Å². The Bertz CT molecular complexity index is 1240. The minimum absolute atomic E-state index is 0.0300. The van der Waals surface area contributed by atoms with Crippen molar-refractivity contribution >= 4 is 16.6 Å². The van der Waals surface area contributed by atoms with E-state index in [9.17, 15) is 9.50 Å². The molecule has 0 spiro atoms. The second-order valence-corrected chi connectivity index (χ2v) is 10.7. The summed E-state index contributed by atoms with van der Waals surface area (Å²) < 4.78 is 59.0. The summed E-state index contributed by atoms with van der Waals surface area (Å²) in [5, 5.41) is 20.7. The van der Waals surface area contributed by atoms with Crippen LogP contribution in [0.2, 0.25) is 0 Å². The van der Waals surface area contributed by atoms with Crippen LogP contribution in [0.5, 0.6) is 0 Å². The molecular formula is C27H33F4N5O. The van der Waals surface area contributed by atoms with Crippen LogP contribution < -0.4 is 5.32 Å². The molecule has 2 aliphatic heterocycles. The molecule has 3 atom stereocenters. The number of fused-ring (bicyclic) bond motifs is 3. The van der Waals surface area contributed by atoms with Gasteiger partial charge in [-0.1, -0.05) is 6.07 Å². The fourth-order valence-corrected chi connectivity index (χ4v) is 5.71. The van der Waals surface area contributed by atoms with Crippen molar-refractivity contribution in [2.24, 2.45) is 0 Å². The summed E-state index contributed by atoms with van der Waals surface area (Å²) in [5.74, 6) is -1.44. The monoisotopic (exact) mass is 519 g/mol. The Morgan fingerprint density at radius 2 is 1.95 bits per heavy atom. The first-order valence-corrected chi connectivity index (χ1v) is 12.7. The number of rotatable bonds is 9. The maximum Gasteiger partial charge on any atom is 0.143 e. The minimum atomic E-state index is -1.95. The van der Waals surface area contributed by atoms with Crippen molar-refractivity contribution in [1.29, 1.82) is 0 Å². The van der Waals surface area contributed by atoms with Gasteiger partial charge in [-0.15, -0.1) is 0 Å². The Morgan fingerprint density at radius 3 is 2.62 bits per heavy atom. The summed E-state index contributed by atoms with van der Waals surface area (Å²) in [4.78, 5) is 3.83. The normalized spacial score (nSPS) is 22.6. The van der Waals surface area contributed by atoms with Crippen LogP contribution in [0, 0.1) is 11.6 Å². The SMILES string of the molecule is C[C@@H]1Cc2c(ccc3[nH]ncc23)[C@@H](c2c(F)cc(NC3CN(CCCF)C3)cc2F)N1CC(C)(F)CO. The van der Waals surface area contributed by atoms with Crippen LogP contribution in [0.3, 0.4) is 0 Å². The van der Waals surface area contributed by atoms with Crippen LogP contribution in [0.1, 0.15) is 43.0 Å². The van der Waals surface area contributed by atoms with Crippen molar-refractivity contribution in [3.05, 3.63) is 58.8 Å². The van der Waals surface area contributed by atoms with Crippen molar-refractivity contribution in [2.45, 2.75) is 50.5 Å². The third-order valence-corrected chi connectivity index (χ3v) is 7.59. The molecule has 6 nitrogen and oxygen atoms in total. The van der Waals surface area contributed by atoms with E-state index < -0.39 is 30.0 Å². The second-order valence-electron chi connectivity index (χ2n) is 10.7. The van der Waals surface area contributed by atoms with Crippen LogP contribution in [0.25, 0.3) is 10.9 Å². The molecule has 1 aromatic heterocycles. The zero-order valence-corrected chi connectivity index (χ0v) is 21.1. The average Bonchev–Trinajstić information content (AvgIpc) is 3.31. The topological polar surface area (TPSA) is 67.4 Å². The second kappa shape index (κ2) is 10.2. The first-order valence-electron chi connectivity index (χ1n) is 12.7. The first kappa shape index (κ1) is 25.9. The molecule has 1 saturated heterocycles. The number of hydrogen-bond acceptors (Lipinski definition) is 5. The van der Waals surface area contributed by atoms with Crippen LogP contribution in [-0.4, -0.2) is 82.3 Å². The van der Waals surface area contributed by atoms with Gasteiger partial charge in [-0.05, 0) is 56.0 Å². The van der Waals surface area contributed by atoms with Gasteiger partial charge < -0.3 is 10.4 Å². The van der Waals surface area contributed by atoms with Gasteiger partial charge in [-0.25, -0.2) is 13.2 Å². The van der Waals surface area contributed by atoms with Gasteiger partial charge >= 0.3 is 0 Å². The first-order chi connectivity index (χ1) is 17.7. The minimum Gasteiger partial charge on any atom is -0.393 e.